The van der Waals surface area contributed by atoms with E-state index in [4.69, 9.17) is 4.74 Å². The van der Waals surface area contributed by atoms with Gasteiger partial charge in [0.1, 0.15) is 5.75 Å². The molecule has 0 amide bonds. The zero-order valence-corrected chi connectivity index (χ0v) is 9.95. The van der Waals surface area contributed by atoms with Crippen molar-refractivity contribution >= 4 is 16.9 Å². The van der Waals surface area contributed by atoms with Gasteiger partial charge in [-0.15, -0.1) is 0 Å². The third-order valence-corrected chi connectivity index (χ3v) is 2.65. The number of para-hydroxylation sites is 1. The second-order valence-corrected chi connectivity index (χ2v) is 3.70. The zero-order chi connectivity index (χ0) is 12.3. The molecular weight excluding hydrogens is 218 g/mol. The second kappa shape index (κ2) is 4.91. The number of hydrogen-bond donors (Lipinski definition) is 1. The molecule has 0 atom stereocenters. The summed E-state index contributed by atoms with van der Waals surface area (Å²) in [6, 6.07) is 7.86. The summed E-state index contributed by atoms with van der Waals surface area (Å²) in [5, 5.41) is 0.994. The van der Waals surface area contributed by atoms with Gasteiger partial charge in [0, 0.05) is 10.9 Å². The number of carbonyl (C=O) groups is 1. The third kappa shape index (κ3) is 2.25. The maximum absolute atomic E-state index is 11.1. The van der Waals surface area contributed by atoms with Crippen LogP contribution < -0.4 is 4.74 Å². The fourth-order valence-corrected chi connectivity index (χ4v) is 1.78. The van der Waals surface area contributed by atoms with Crippen molar-refractivity contribution in [2.24, 2.45) is 0 Å². The third-order valence-electron chi connectivity index (χ3n) is 2.65. The molecule has 0 saturated heterocycles. The van der Waals surface area contributed by atoms with Crippen molar-refractivity contribution in [3.05, 3.63) is 30.0 Å². The minimum absolute atomic E-state index is 0.0641. The molecule has 0 fully saturated rings. The molecule has 0 radical (unpaired) electrons. The van der Waals surface area contributed by atoms with Gasteiger partial charge in [0.15, 0.2) is 6.61 Å². The van der Waals surface area contributed by atoms with E-state index in [0.29, 0.717) is 0 Å². The van der Waals surface area contributed by atoms with Crippen LogP contribution in [0.5, 0.6) is 5.75 Å². The molecule has 2 rings (SSSR count). The van der Waals surface area contributed by atoms with Crippen LogP contribution in [0, 0.1) is 0 Å². The summed E-state index contributed by atoms with van der Waals surface area (Å²) in [5.74, 6) is 0.367. The van der Waals surface area contributed by atoms with Crippen molar-refractivity contribution in [1.29, 1.82) is 0 Å². The molecule has 0 saturated carbocycles. The number of benzene rings is 1. The minimum atomic E-state index is -0.377. The summed E-state index contributed by atoms with van der Waals surface area (Å²) in [6.45, 7) is 1.97. The molecule has 0 bridgehead atoms. The van der Waals surface area contributed by atoms with E-state index in [0.717, 1.165) is 28.8 Å². The lowest BCUT2D eigenvalue weighted by Gasteiger charge is -2.05. The van der Waals surface area contributed by atoms with Crippen LogP contribution in [0.2, 0.25) is 0 Å². The highest BCUT2D eigenvalue weighted by Gasteiger charge is 2.12. The number of aryl methyl sites for hydroxylation is 1. The van der Waals surface area contributed by atoms with Gasteiger partial charge in [0.2, 0.25) is 0 Å². The Morgan fingerprint density at radius 1 is 1.35 bits per heavy atom. The smallest absolute Gasteiger partial charge is 0.343 e. The lowest BCUT2D eigenvalue weighted by atomic mass is 10.2. The van der Waals surface area contributed by atoms with Gasteiger partial charge in [-0.1, -0.05) is 19.1 Å². The fraction of sp³-hybridized carbons (Fsp3) is 0.308. The Balaban J connectivity index is 2.33. The van der Waals surface area contributed by atoms with Gasteiger partial charge in [0.25, 0.3) is 0 Å². The van der Waals surface area contributed by atoms with E-state index in [1.807, 2.05) is 31.2 Å². The van der Waals surface area contributed by atoms with Crippen LogP contribution in [0.3, 0.4) is 0 Å². The Kier molecular flexibility index (Phi) is 3.32. The number of aromatic nitrogens is 1. The summed E-state index contributed by atoms with van der Waals surface area (Å²) in [6.07, 6.45) is 0.825. The Hall–Kier alpha value is -1.97. The average Bonchev–Trinajstić information content (AvgIpc) is 2.73. The number of hydrogen-bond acceptors (Lipinski definition) is 3. The molecule has 0 aliphatic rings. The average molecular weight is 233 g/mol. The standard InChI is InChI=1S/C13H15NO3/c1-3-10-13(17-8-12(15)16-2)9-6-4-5-7-11(9)14-10/h4-7,14H,3,8H2,1-2H3. The molecule has 1 aromatic carbocycles. The fourth-order valence-electron chi connectivity index (χ4n) is 1.78. The van der Waals surface area contributed by atoms with E-state index in [1.54, 1.807) is 0 Å². The summed E-state index contributed by atoms with van der Waals surface area (Å²) in [4.78, 5) is 14.4. The molecule has 0 aliphatic heterocycles. The highest BCUT2D eigenvalue weighted by atomic mass is 16.6. The van der Waals surface area contributed by atoms with Crippen molar-refractivity contribution in [2.45, 2.75) is 13.3 Å². The van der Waals surface area contributed by atoms with Crippen molar-refractivity contribution in [1.82, 2.24) is 4.98 Å². The SMILES string of the molecule is CCc1[nH]c2ccccc2c1OCC(=O)OC. The van der Waals surface area contributed by atoms with Crippen LogP contribution in [0.25, 0.3) is 10.9 Å². The first-order valence-electron chi connectivity index (χ1n) is 5.55. The van der Waals surface area contributed by atoms with E-state index in [9.17, 15) is 4.79 Å². The predicted molar refractivity (Wildman–Crippen MR) is 65.2 cm³/mol. The van der Waals surface area contributed by atoms with Gasteiger partial charge in [-0.2, -0.15) is 0 Å². The maximum Gasteiger partial charge on any atom is 0.343 e. The largest absolute Gasteiger partial charge is 0.479 e. The predicted octanol–water partition coefficient (Wildman–Crippen LogP) is 2.28. The normalized spacial score (nSPS) is 10.5. The molecule has 4 nitrogen and oxygen atoms in total. The number of carbonyl (C=O) groups excluding carboxylic acids is 1. The summed E-state index contributed by atoms with van der Waals surface area (Å²) >= 11 is 0. The van der Waals surface area contributed by atoms with E-state index in [-0.39, 0.29) is 12.6 Å². The maximum atomic E-state index is 11.1. The Bertz CT molecular complexity index is 530. The topological polar surface area (TPSA) is 51.3 Å². The molecule has 1 heterocycles. The molecule has 90 valence electrons. The molecule has 17 heavy (non-hydrogen) atoms. The number of esters is 1. The van der Waals surface area contributed by atoms with Gasteiger partial charge in [-0.05, 0) is 18.6 Å². The summed E-state index contributed by atoms with van der Waals surface area (Å²) in [5.41, 5.74) is 2.01. The molecular formula is C13H15NO3. The van der Waals surface area contributed by atoms with E-state index < -0.39 is 0 Å². The van der Waals surface area contributed by atoms with Crippen molar-refractivity contribution in [3.8, 4) is 5.75 Å². The lowest BCUT2D eigenvalue weighted by Crippen LogP contribution is -2.13. The molecule has 2 aromatic rings. The highest BCUT2D eigenvalue weighted by Crippen LogP contribution is 2.30. The van der Waals surface area contributed by atoms with Crippen LogP contribution in [-0.4, -0.2) is 24.7 Å². The number of H-pyrrole nitrogens is 1. The van der Waals surface area contributed by atoms with Crippen molar-refractivity contribution in [3.63, 3.8) is 0 Å². The monoisotopic (exact) mass is 233 g/mol. The van der Waals surface area contributed by atoms with Gasteiger partial charge in [0.05, 0.1) is 12.8 Å². The number of aromatic amines is 1. The Labute approximate surface area is 99.5 Å². The Morgan fingerprint density at radius 2 is 2.12 bits per heavy atom. The molecule has 0 spiro atoms. The summed E-state index contributed by atoms with van der Waals surface area (Å²) in [7, 11) is 1.35. The number of fused-ring (bicyclic) bond motifs is 1. The van der Waals surface area contributed by atoms with E-state index in [1.165, 1.54) is 7.11 Å². The first-order chi connectivity index (χ1) is 8.26. The van der Waals surface area contributed by atoms with Crippen molar-refractivity contribution < 1.29 is 14.3 Å². The Morgan fingerprint density at radius 3 is 2.82 bits per heavy atom. The zero-order valence-electron chi connectivity index (χ0n) is 9.95. The van der Waals surface area contributed by atoms with E-state index >= 15 is 0 Å². The molecule has 4 heteroatoms. The summed E-state index contributed by atoms with van der Waals surface area (Å²) < 4.78 is 10.1. The number of ether oxygens (including phenoxy) is 2. The van der Waals surface area contributed by atoms with Crippen LogP contribution in [0.1, 0.15) is 12.6 Å². The second-order valence-electron chi connectivity index (χ2n) is 3.70. The van der Waals surface area contributed by atoms with Crippen molar-refractivity contribution in [2.75, 3.05) is 13.7 Å². The van der Waals surface area contributed by atoms with E-state index in [2.05, 4.69) is 9.72 Å². The van der Waals surface area contributed by atoms with Crippen LogP contribution in [-0.2, 0) is 16.0 Å². The highest BCUT2D eigenvalue weighted by molar-refractivity contribution is 5.88. The molecule has 0 aliphatic carbocycles. The van der Waals surface area contributed by atoms with Gasteiger partial charge >= 0.3 is 5.97 Å². The molecule has 1 N–H and O–H groups in total. The number of methoxy groups -OCH3 is 1. The van der Waals surface area contributed by atoms with Gasteiger partial charge < -0.3 is 14.5 Å². The van der Waals surface area contributed by atoms with Crippen LogP contribution >= 0.6 is 0 Å². The molecule has 0 unspecified atom stereocenters. The number of nitrogens with one attached hydrogen (secondary N) is 1. The number of rotatable bonds is 4. The first kappa shape index (κ1) is 11.5. The van der Waals surface area contributed by atoms with Gasteiger partial charge in [-0.25, -0.2) is 4.79 Å². The van der Waals surface area contributed by atoms with Gasteiger partial charge in [-0.3, -0.25) is 0 Å². The quantitative estimate of drug-likeness (QED) is 0.824. The molecule has 1 aromatic heterocycles. The minimum Gasteiger partial charge on any atom is -0.479 e. The first-order valence-corrected chi connectivity index (χ1v) is 5.55. The van der Waals surface area contributed by atoms with Crippen LogP contribution in [0.15, 0.2) is 24.3 Å². The lowest BCUT2D eigenvalue weighted by molar-refractivity contribution is -0.142. The van der Waals surface area contributed by atoms with Crippen LogP contribution in [0.4, 0.5) is 0 Å².